The van der Waals surface area contributed by atoms with Crippen molar-refractivity contribution in [2.24, 2.45) is 15.4 Å². The molecule has 0 aromatic heterocycles. The Hall–Kier alpha value is -1.63. The highest BCUT2D eigenvalue weighted by Crippen LogP contribution is 2.30. The summed E-state index contributed by atoms with van der Waals surface area (Å²) in [5.74, 6) is 0.0856. The summed E-state index contributed by atoms with van der Waals surface area (Å²) in [6.07, 6.45) is 4.54. The zero-order chi connectivity index (χ0) is 12.3. The van der Waals surface area contributed by atoms with E-state index in [1.165, 1.54) is 0 Å². The number of rotatable bonds is 0. The highest BCUT2D eigenvalue weighted by Gasteiger charge is 2.26. The van der Waals surface area contributed by atoms with Gasteiger partial charge in [-0.1, -0.05) is 0 Å². The third-order valence-corrected chi connectivity index (χ3v) is 3.93. The molecule has 1 aromatic carbocycles. The average Bonchev–Trinajstić information content (AvgIpc) is 2.87. The average molecular weight is 347 g/mol. The van der Waals surface area contributed by atoms with Crippen molar-refractivity contribution in [2.45, 2.75) is 6.42 Å². The van der Waals surface area contributed by atoms with E-state index in [1.807, 2.05) is 12.1 Å². The maximum absolute atomic E-state index is 12.1. The van der Waals surface area contributed by atoms with Crippen molar-refractivity contribution in [2.75, 3.05) is 0 Å². The number of ketones is 1. The predicted octanol–water partition coefficient (Wildman–Crippen LogP) is 1.85. The summed E-state index contributed by atoms with van der Waals surface area (Å²) in [4.78, 5) is 12.1. The molecule has 3 aliphatic rings. The molecule has 0 amide bonds. The van der Waals surface area contributed by atoms with E-state index < -0.39 is 0 Å². The Morgan fingerprint density at radius 2 is 2.11 bits per heavy atom. The molecule has 0 fully saturated rings. The van der Waals surface area contributed by atoms with Gasteiger partial charge < -0.3 is 0 Å². The van der Waals surface area contributed by atoms with Crippen LogP contribution < -0.4 is 10.6 Å². The Bertz CT molecular complexity index is 831. The summed E-state index contributed by atoms with van der Waals surface area (Å²) in [7, 11) is 0. The van der Waals surface area contributed by atoms with E-state index in [0.29, 0.717) is 0 Å². The van der Waals surface area contributed by atoms with Crippen LogP contribution in [0.4, 0.5) is 5.69 Å². The second-order valence-electron chi connectivity index (χ2n) is 4.40. The van der Waals surface area contributed by atoms with Gasteiger partial charge in [-0.25, -0.2) is 0 Å². The third kappa shape index (κ3) is 1.30. The Balaban J connectivity index is 2.09. The van der Waals surface area contributed by atoms with E-state index in [2.05, 4.69) is 44.1 Å². The summed E-state index contributed by atoms with van der Waals surface area (Å²) in [6.45, 7) is 0. The maximum atomic E-state index is 12.1. The maximum Gasteiger partial charge on any atom is 0.187 e. The normalized spacial score (nSPS) is 18.9. The molecular formula is C13H6IN3O. The molecule has 0 radical (unpaired) electrons. The first kappa shape index (κ1) is 10.3. The number of hydrogen-bond donors (Lipinski definition) is 0. The summed E-state index contributed by atoms with van der Waals surface area (Å²) < 4.78 is 0.987. The van der Waals surface area contributed by atoms with Gasteiger partial charge in [-0.05, 0) is 74.9 Å². The van der Waals surface area contributed by atoms with Crippen LogP contribution >= 0.6 is 22.6 Å². The first-order valence-electron chi connectivity index (χ1n) is 5.51. The lowest BCUT2D eigenvalue weighted by molar-refractivity contribution is -0.109. The summed E-state index contributed by atoms with van der Waals surface area (Å²) in [6, 6.07) is 3.90. The molecule has 0 N–H and O–H groups in total. The Kier molecular flexibility index (Phi) is 1.97. The number of nitrogens with zero attached hydrogens (tertiary/aromatic N) is 3. The molecule has 1 aromatic rings. The van der Waals surface area contributed by atoms with Crippen LogP contribution in [0.5, 0.6) is 0 Å². The van der Waals surface area contributed by atoms with Crippen molar-refractivity contribution in [3.63, 3.8) is 0 Å². The zero-order valence-corrected chi connectivity index (χ0v) is 11.3. The Morgan fingerprint density at radius 3 is 3.00 bits per heavy atom. The monoisotopic (exact) mass is 347 g/mol. The van der Waals surface area contributed by atoms with Gasteiger partial charge in [-0.3, -0.25) is 4.79 Å². The van der Waals surface area contributed by atoms with Crippen LogP contribution in [0, 0.1) is 0 Å². The zero-order valence-electron chi connectivity index (χ0n) is 9.14. The van der Waals surface area contributed by atoms with Gasteiger partial charge in [-0.15, -0.1) is 10.2 Å². The lowest BCUT2D eigenvalue weighted by Gasteiger charge is -2.07. The SMILES string of the molecule is O=C1C=C(I)C=C2Cc3cc4c(cc3=C12)N=NN=4. The van der Waals surface area contributed by atoms with Crippen molar-refractivity contribution in [3.8, 4) is 0 Å². The molecule has 4 rings (SSSR count). The van der Waals surface area contributed by atoms with Crippen molar-refractivity contribution in [1.29, 1.82) is 0 Å². The van der Waals surface area contributed by atoms with Gasteiger partial charge in [0.2, 0.25) is 0 Å². The molecular weight excluding hydrogens is 341 g/mol. The van der Waals surface area contributed by atoms with Gasteiger partial charge in [0, 0.05) is 9.15 Å². The number of benzene rings is 1. The van der Waals surface area contributed by atoms with E-state index >= 15 is 0 Å². The van der Waals surface area contributed by atoms with E-state index in [9.17, 15) is 4.79 Å². The number of allylic oxidation sites excluding steroid dienone is 4. The largest absolute Gasteiger partial charge is 0.289 e. The minimum Gasteiger partial charge on any atom is -0.289 e. The highest BCUT2D eigenvalue weighted by atomic mass is 127. The van der Waals surface area contributed by atoms with Crippen molar-refractivity contribution < 1.29 is 4.79 Å². The minimum atomic E-state index is 0.0856. The molecule has 0 atom stereocenters. The topological polar surface area (TPSA) is 54.1 Å². The molecule has 86 valence electrons. The van der Waals surface area contributed by atoms with Gasteiger partial charge in [-0.2, -0.15) is 0 Å². The van der Waals surface area contributed by atoms with Crippen molar-refractivity contribution in [1.82, 2.24) is 0 Å². The van der Waals surface area contributed by atoms with E-state index in [4.69, 9.17) is 0 Å². The molecule has 0 spiro atoms. The molecule has 0 saturated heterocycles. The number of carbonyl (C=O) groups excluding carboxylic acids is 1. The Morgan fingerprint density at radius 1 is 1.22 bits per heavy atom. The van der Waals surface area contributed by atoms with Crippen LogP contribution in [-0.2, 0) is 11.2 Å². The van der Waals surface area contributed by atoms with Crippen LogP contribution in [0.25, 0.3) is 5.57 Å². The fraction of sp³-hybridized carbons (Fsp3) is 0.0769. The highest BCUT2D eigenvalue weighted by molar-refractivity contribution is 14.1. The minimum absolute atomic E-state index is 0.0856. The molecule has 0 bridgehead atoms. The molecule has 2 aliphatic carbocycles. The molecule has 4 nitrogen and oxygen atoms in total. The van der Waals surface area contributed by atoms with Gasteiger partial charge in [0.25, 0.3) is 0 Å². The number of halogens is 1. The number of hydrogen-bond acceptors (Lipinski definition) is 4. The van der Waals surface area contributed by atoms with Crippen molar-refractivity contribution in [3.05, 3.63) is 49.6 Å². The van der Waals surface area contributed by atoms with Crippen LogP contribution in [0.3, 0.4) is 0 Å². The standard InChI is InChI=1S/C13H6IN3O/c14-8-2-7-1-6-3-10-11(16-17-15-10)5-9(6)13(7)12(18)4-8/h2-5H,1H2. The molecule has 1 aliphatic heterocycles. The van der Waals surface area contributed by atoms with Crippen LogP contribution in [0.2, 0.25) is 0 Å². The Labute approximate surface area is 116 Å². The van der Waals surface area contributed by atoms with Crippen LogP contribution in [-0.4, -0.2) is 5.78 Å². The summed E-state index contributed by atoms with van der Waals surface area (Å²) in [5, 5.41) is 13.3. The first-order chi connectivity index (χ1) is 8.72. The summed E-state index contributed by atoms with van der Waals surface area (Å²) >= 11 is 2.18. The second-order valence-corrected chi connectivity index (χ2v) is 5.65. The van der Waals surface area contributed by atoms with Gasteiger partial charge in [0.1, 0.15) is 11.0 Å². The van der Waals surface area contributed by atoms with Crippen molar-refractivity contribution >= 4 is 39.6 Å². The van der Waals surface area contributed by atoms with Gasteiger partial charge >= 0.3 is 0 Å². The van der Waals surface area contributed by atoms with Crippen LogP contribution in [0.15, 0.2) is 48.9 Å². The van der Waals surface area contributed by atoms with Gasteiger partial charge in [0.05, 0.1) is 0 Å². The summed E-state index contributed by atoms with van der Waals surface area (Å²) in [5.41, 5.74) is 3.80. The molecule has 0 unspecified atom stereocenters. The lowest BCUT2D eigenvalue weighted by Crippen LogP contribution is -2.15. The van der Waals surface area contributed by atoms with E-state index in [1.54, 1.807) is 6.08 Å². The fourth-order valence-electron chi connectivity index (χ4n) is 2.56. The molecule has 1 heterocycles. The van der Waals surface area contributed by atoms with Gasteiger partial charge in [0.15, 0.2) is 5.78 Å². The fourth-order valence-corrected chi connectivity index (χ4v) is 3.22. The lowest BCUT2D eigenvalue weighted by atomic mass is 9.99. The molecule has 5 heteroatoms. The van der Waals surface area contributed by atoms with E-state index in [-0.39, 0.29) is 5.78 Å². The second kappa shape index (κ2) is 3.44. The number of fused-ring (bicyclic) bond motifs is 3. The van der Waals surface area contributed by atoms with E-state index in [0.717, 1.165) is 43.0 Å². The third-order valence-electron chi connectivity index (χ3n) is 3.30. The molecule has 0 saturated carbocycles. The first-order valence-corrected chi connectivity index (χ1v) is 6.59. The number of carbonyl (C=O) groups is 1. The predicted molar refractivity (Wildman–Crippen MR) is 74.0 cm³/mol. The van der Waals surface area contributed by atoms with Crippen LogP contribution in [0.1, 0.15) is 5.56 Å². The molecule has 18 heavy (non-hydrogen) atoms. The quantitative estimate of drug-likeness (QED) is 0.661. The smallest absolute Gasteiger partial charge is 0.187 e.